The molecule has 14 heavy (non-hydrogen) atoms. The molecule has 0 radical (unpaired) electrons. The fraction of sp³-hybridized carbons (Fsp3) is 0.500. The lowest BCUT2D eigenvalue weighted by molar-refractivity contribution is 0.429. The molecule has 2 heteroatoms. The van der Waals surface area contributed by atoms with Crippen molar-refractivity contribution in [3.05, 3.63) is 34.3 Å². The third kappa shape index (κ3) is 4.77. The fourth-order valence-electron chi connectivity index (χ4n) is 1.23. The van der Waals surface area contributed by atoms with Crippen LogP contribution in [0.1, 0.15) is 26.3 Å². The Kier molecular flexibility index (Phi) is 4.14. The summed E-state index contributed by atoms with van der Waals surface area (Å²) in [5.74, 6) is 0. The normalized spacial score (nSPS) is 11.7. The molecule has 0 aliphatic heterocycles. The van der Waals surface area contributed by atoms with Gasteiger partial charge in [-0.25, -0.2) is 0 Å². The zero-order valence-corrected chi connectivity index (χ0v) is 10.7. The lowest BCUT2D eigenvalue weighted by Crippen LogP contribution is -2.37. The molecule has 0 saturated carbocycles. The van der Waals surface area contributed by atoms with E-state index in [1.165, 1.54) is 5.56 Å². The van der Waals surface area contributed by atoms with E-state index in [1.54, 1.807) is 0 Å². The molecule has 0 aromatic heterocycles. The Morgan fingerprint density at radius 3 is 2.21 bits per heavy atom. The molecule has 1 aromatic rings. The van der Waals surface area contributed by atoms with Crippen LogP contribution in [0.15, 0.2) is 28.7 Å². The predicted molar refractivity (Wildman–Crippen MR) is 65.6 cm³/mol. The number of benzene rings is 1. The highest BCUT2D eigenvalue weighted by molar-refractivity contribution is 9.10. The van der Waals surface area contributed by atoms with Gasteiger partial charge in [0.1, 0.15) is 0 Å². The molecule has 1 nitrogen and oxygen atoms in total. The SMILES string of the molecule is CC(C)(C)NCCc1ccc(Br)cc1. The minimum absolute atomic E-state index is 0.218. The zero-order chi connectivity index (χ0) is 10.6. The van der Waals surface area contributed by atoms with Gasteiger partial charge in [0.05, 0.1) is 0 Å². The highest BCUT2D eigenvalue weighted by Gasteiger charge is 2.07. The van der Waals surface area contributed by atoms with Crippen LogP contribution in [0.5, 0.6) is 0 Å². The van der Waals surface area contributed by atoms with Crippen LogP contribution in [-0.2, 0) is 6.42 Å². The first kappa shape index (κ1) is 11.7. The third-order valence-electron chi connectivity index (χ3n) is 1.98. The molecule has 1 N–H and O–H groups in total. The number of hydrogen-bond acceptors (Lipinski definition) is 1. The molecule has 0 spiro atoms. The number of rotatable bonds is 3. The van der Waals surface area contributed by atoms with Crippen LogP contribution < -0.4 is 5.32 Å². The van der Waals surface area contributed by atoms with Crippen molar-refractivity contribution in [3.63, 3.8) is 0 Å². The third-order valence-corrected chi connectivity index (χ3v) is 2.51. The number of hydrogen-bond donors (Lipinski definition) is 1. The molecule has 0 unspecified atom stereocenters. The van der Waals surface area contributed by atoms with Crippen LogP contribution in [0, 0.1) is 0 Å². The van der Waals surface area contributed by atoms with Crippen LogP contribution in [-0.4, -0.2) is 12.1 Å². The van der Waals surface area contributed by atoms with Gasteiger partial charge in [-0.15, -0.1) is 0 Å². The van der Waals surface area contributed by atoms with Crippen LogP contribution in [0.25, 0.3) is 0 Å². The van der Waals surface area contributed by atoms with Gasteiger partial charge in [-0.1, -0.05) is 28.1 Å². The lowest BCUT2D eigenvalue weighted by Gasteiger charge is -2.20. The Bertz CT molecular complexity index is 271. The maximum Gasteiger partial charge on any atom is 0.0175 e. The van der Waals surface area contributed by atoms with Gasteiger partial charge in [-0.3, -0.25) is 0 Å². The monoisotopic (exact) mass is 255 g/mol. The molecule has 0 aliphatic carbocycles. The molecule has 1 rings (SSSR count). The summed E-state index contributed by atoms with van der Waals surface area (Å²) in [7, 11) is 0. The summed E-state index contributed by atoms with van der Waals surface area (Å²) in [5.41, 5.74) is 1.60. The van der Waals surface area contributed by atoms with Crippen molar-refractivity contribution in [3.8, 4) is 0 Å². The van der Waals surface area contributed by atoms with Gasteiger partial charge in [0.25, 0.3) is 0 Å². The predicted octanol–water partition coefficient (Wildman–Crippen LogP) is 3.38. The lowest BCUT2D eigenvalue weighted by atomic mass is 10.1. The summed E-state index contributed by atoms with van der Waals surface area (Å²) in [4.78, 5) is 0. The van der Waals surface area contributed by atoms with Gasteiger partial charge in [0, 0.05) is 10.0 Å². The van der Waals surface area contributed by atoms with E-state index in [-0.39, 0.29) is 5.54 Å². The van der Waals surface area contributed by atoms with E-state index in [0.717, 1.165) is 17.4 Å². The summed E-state index contributed by atoms with van der Waals surface area (Å²) >= 11 is 3.43. The highest BCUT2D eigenvalue weighted by Crippen LogP contribution is 2.10. The minimum atomic E-state index is 0.218. The molecule has 0 bridgehead atoms. The van der Waals surface area contributed by atoms with Gasteiger partial charge in [0.2, 0.25) is 0 Å². The first-order valence-electron chi connectivity index (χ1n) is 4.97. The van der Waals surface area contributed by atoms with Gasteiger partial charge >= 0.3 is 0 Å². The van der Waals surface area contributed by atoms with Crippen LogP contribution >= 0.6 is 15.9 Å². The van der Waals surface area contributed by atoms with Crippen molar-refractivity contribution < 1.29 is 0 Å². The Balaban J connectivity index is 2.35. The summed E-state index contributed by atoms with van der Waals surface area (Å²) in [6.45, 7) is 7.60. The highest BCUT2D eigenvalue weighted by atomic mass is 79.9. The molecular formula is C12H18BrN. The van der Waals surface area contributed by atoms with E-state index < -0.39 is 0 Å². The van der Waals surface area contributed by atoms with Crippen molar-refractivity contribution in [2.24, 2.45) is 0 Å². The smallest absolute Gasteiger partial charge is 0.0175 e. The molecule has 0 fully saturated rings. The average molecular weight is 256 g/mol. The zero-order valence-electron chi connectivity index (χ0n) is 9.10. The molecule has 0 amide bonds. The van der Waals surface area contributed by atoms with Crippen LogP contribution in [0.3, 0.4) is 0 Å². The van der Waals surface area contributed by atoms with Gasteiger partial charge < -0.3 is 5.32 Å². The van der Waals surface area contributed by atoms with Crippen molar-refractivity contribution in [2.75, 3.05) is 6.54 Å². The molecular weight excluding hydrogens is 238 g/mol. The summed E-state index contributed by atoms with van der Waals surface area (Å²) in [5, 5.41) is 3.47. The maximum absolute atomic E-state index is 3.47. The topological polar surface area (TPSA) is 12.0 Å². The van der Waals surface area contributed by atoms with Gasteiger partial charge in [-0.2, -0.15) is 0 Å². The minimum Gasteiger partial charge on any atom is -0.312 e. The van der Waals surface area contributed by atoms with E-state index in [2.05, 4.69) is 66.3 Å². The second kappa shape index (κ2) is 4.94. The Hall–Kier alpha value is -0.340. The molecule has 78 valence electrons. The van der Waals surface area contributed by atoms with E-state index >= 15 is 0 Å². The van der Waals surface area contributed by atoms with E-state index in [4.69, 9.17) is 0 Å². The quantitative estimate of drug-likeness (QED) is 0.874. The molecule has 0 atom stereocenters. The number of halogens is 1. The fourth-order valence-corrected chi connectivity index (χ4v) is 1.50. The second-order valence-electron chi connectivity index (χ2n) is 4.55. The molecule has 0 heterocycles. The first-order valence-corrected chi connectivity index (χ1v) is 5.76. The van der Waals surface area contributed by atoms with E-state index in [9.17, 15) is 0 Å². The summed E-state index contributed by atoms with van der Waals surface area (Å²) in [6, 6.07) is 8.50. The molecule has 0 saturated heterocycles. The Morgan fingerprint density at radius 1 is 1.14 bits per heavy atom. The summed E-state index contributed by atoms with van der Waals surface area (Å²) in [6.07, 6.45) is 1.09. The molecule has 1 aromatic carbocycles. The standard InChI is InChI=1S/C12H18BrN/c1-12(2,3)14-9-8-10-4-6-11(13)7-5-10/h4-7,14H,8-9H2,1-3H3. The number of nitrogens with one attached hydrogen (secondary N) is 1. The van der Waals surface area contributed by atoms with Crippen molar-refractivity contribution in [2.45, 2.75) is 32.7 Å². The second-order valence-corrected chi connectivity index (χ2v) is 5.47. The van der Waals surface area contributed by atoms with Crippen LogP contribution in [0.4, 0.5) is 0 Å². The average Bonchev–Trinajstić information content (AvgIpc) is 2.06. The maximum atomic E-state index is 3.47. The van der Waals surface area contributed by atoms with Crippen molar-refractivity contribution in [1.29, 1.82) is 0 Å². The van der Waals surface area contributed by atoms with Gasteiger partial charge in [0.15, 0.2) is 0 Å². The summed E-state index contributed by atoms with van der Waals surface area (Å²) < 4.78 is 1.14. The van der Waals surface area contributed by atoms with Crippen LogP contribution in [0.2, 0.25) is 0 Å². The van der Waals surface area contributed by atoms with E-state index in [0.29, 0.717) is 0 Å². The van der Waals surface area contributed by atoms with E-state index in [1.807, 2.05) is 0 Å². The molecule has 0 aliphatic rings. The largest absolute Gasteiger partial charge is 0.312 e. The van der Waals surface area contributed by atoms with Crippen molar-refractivity contribution >= 4 is 15.9 Å². The van der Waals surface area contributed by atoms with Crippen molar-refractivity contribution in [1.82, 2.24) is 5.32 Å². The first-order chi connectivity index (χ1) is 6.47. The van der Waals surface area contributed by atoms with Gasteiger partial charge in [-0.05, 0) is 51.4 Å². The Labute approximate surface area is 95.0 Å². The Morgan fingerprint density at radius 2 is 1.71 bits per heavy atom.